The third-order valence-electron chi connectivity index (χ3n) is 3.05. The number of anilines is 1. The topological polar surface area (TPSA) is 69.3 Å². The monoisotopic (exact) mass is 297 g/mol. The fourth-order valence-corrected chi connectivity index (χ4v) is 2.00. The molecule has 0 bridgehead atoms. The summed E-state index contributed by atoms with van der Waals surface area (Å²) < 4.78 is 12.5. The maximum absolute atomic E-state index is 12.2. The molecule has 1 aromatic carbocycles. The van der Waals surface area contributed by atoms with Gasteiger partial charge in [-0.1, -0.05) is 18.2 Å². The molecule has 22 heavy (non-hydrogen) atoms. The quantitative estimate of drug-likeness (QED) is 0.786. The van der Waals surface area contributed by atoms with Gasteiger partial charge in [0.25, 0.3) is 5.91 Å². The summed E-state index contributed by atoms with van der Waals surface area (Å²) in [5.41, 5.74) is 1.30. The molecule has 3 aromatic rings. The van der Waals surface area contributed by atoms with E-state index in [1.165, 1.54) is 6.26 Å². The maximum Gasteiger partial charge on any atom is 0.291 e. The minimum atomic E-state index is -0.329. The normalized spacial score (nSPS) is 10.4. The number of carbonyl (C=O) groups excluding carboxylic acids is 1. The van der Waals surface area contributed by atoms with Crippen molar-refractivity contribution < 1.29 is 13.9 Å². The maximum atomic E-state index is 12.2. The van der Waals surface area contributed by atoms with Crippen molar-refractivity contribution in [3.8, 4) is 5.75 Å². The first-order valence-electron chi connectivity index (χ1n) is 6.76. The molecule has 0 aliphatic heterocycles. The number of nitrogens with zero attached hydrogens (tertiary/aromatic N) is 2. The van der Waals surface area contributed by atoms with Crippen molar-refractivity contribution in [2.75, 3.05) is 5.32 Å². The molecule has 2 heterocycles. The number of ether oxygens (including phenoxy) is 1. The van der Waals surface area contributed by atoms with Crippen LogP contribution in [0.25, 0.3) is 0 Å². The molecule has 6 nitrogen and oxygen atoms in total. The highest BCUT2D eigenvalue weighted by molar-refractivity contribution is 6.03. The highest BCUT2D eigenvalue weighted by Gasteiger charge is 2.16. The van der Waals surface area contributed by atoms with Crippen LogP contribution in [-0.4, -0.2) is 15.7 Å². The molecule has 112 valence electrons. The lowest BCUT2D eigenvalue weighted by molar-refractivity contribution is 0.0993. The molecule has 0 saturated carbocycles. The highest BCUT2D eigenvalue weighted by Crippen LogP contribution is 2.17. The molecule has 0 saturated heterocycles. The predicted molar refractivity (Wildman–Crippen MR) is 80.6 cm³/mol. The van der Waals surface area contributed by atoms with Crippen LogP contribution in [0.4, 0.5) is 5.69 Å². The van der Waals surface area contributed by atoms with E-state index in [1.807, 2.05) is 30.3 Å². The van der Waals surface area contributed by atoms with Crippen LogP contribution < -0.4 is 10.1 Å². The minimum Gasteiger partial charge on any atom is -0.489 e. The van der Waals surface area contributed by atoms with Gasteiger partial charge in [0.1, 0.15) is 12.4 Å². The first-order valence-corrected chi connectivity index (χ1v) is 6.76. The molecule has 1 amide bonds. The van der Waals surface area contributed by atoms with E-state index in [0.717, 1.165) is 5.75 Å². The van der Waals surface area contributed by atoms with E-state index in [4.69, 9.17) is 9.15 Å². The molecule has 3 rings (SSSR count). The van der Waals surface area contributed by atoms with Crippen LogP contribution in [0.3, 0.4) is 0 Å². The van der Waals surface area contributed by atoms with Gasteiger partial charge in [-0.3, -0.25) is 9.48 Å². The van der Waals surface area contributed by atoms with Gasteiger partial charge in [-0.25, -0.2) is 0 Å². The highest BCUT2D eigenvalue weighted by atomic mass is 16.5. The Labute approximate surface area is 127 Å². The van der Waals surface area contributed by atoms with Crippen molar-refractivity contribution in [1.82, 2.24) is 9.78 Å². The van der Waals surface area contributed by atoms with Crippen LogP contribution in [0.15, 0.2) is 59.5 Å². The number of hydrogen-bond donors (Lipinski definition) is 1. The molecule has 0 unspecified atom stereocenters. The molecule has 0 fully saturated rings. The Hall–Kier alpha value is -3.02. The van der Waals surface area contributed by atoms with Crippen molar-refractivity contribution in [3.05, 3.63) is 66.4 Å². The van der Waals surface area contributed by atoms with Gasteiger partial charge in [0.05, 0.1) is 18.1 Å². The lowest BCUT2D eigenvalue weighted by atomic mass is 10.2. The summed E-state index contributed by atoms with van der Waals surface area (Å²) in [4.78, 5) is 12.2. The summed E-state index contributed by atoms with van der Waals surface area (Å²) in [6.45, 7) is 0.260. The second kappa shape index (κ2) is 6.17. The number of rotatable bonds is 5. The lowest BCUT2D eigenvalue weighted by Crippen LogP contribution is -2.13. The first kappa shape index (κ1) is 13.9. The Kier molecular flexibility index (Phi) is 3.91. The number of furan rings is 1. The van der Waals surface area contributed by atoms with Crippen LogP contribution in [0.1, 0.15) is 16.1 Å². The SMILES string of the molecule is Cn1cc(NC(=O)c2occc2COc2ccccc2)cn1. The van der Waals surface area contributed by atoms with Crippen LogP contribution in [0.2, 0.25) is 0 Å². The van der Waals surface area contributed by atoms with Gasteiger partial charge in [0, 0.05) is 18.8 Å². The molecule has 6 heteroatoms. The number of amides is 1. The molecule has 1 N–H and O–H groups in total. The van der Waals surface area contributed by atoms with E-state index in [1.54, 1.807) is 30.2 Å². The van der Waals surface area contributed by atoms with Crippen molar-refractivity contribution in [2.45, 2.75) is 6.61 Å². The summed E-state index contributed by atoms with van der Waals surface area (Å²) in [5.74, 6) is 0.645. The Morgan fingerprint density at radius 2 is 2.14 bits per heavy atom. The smallest absolute Gasteiger partial charge is 0.291 e. The number of aromatic nitrogens is 2. The number of aryl methyl sites for hydroxylation is 1. The van der Waals surface area contributed by atoms with Gasteiger partial charge in [-0.2, -0.15) is 5.10 Å². The summed E-state index contributed by atoms with van der Waals surface area (Å²) in [6, 6.07) is 11.1. The molecular formula is C16H15N3O3. The molecule has 0 aliphatic rings. The molecule has 0 aliphatic carbocycles. The molecule has 0 radical (unpaired) electrons. The van der Waals surface area contributed by atoms with Crippen molar-refractivity contribution in [1.29, 1.82) is 0 Å². The number of nitrogens with one attached hydrogen (secondary N) is 1. The first-order chi connectivity index (χ1) is 10.7. The molecule has 0 spiro atoms. The van der Waals surface area contributed by atoms with Crippen LogP contribution in [0, 0.1) is 0 Å². The summed E-state index contributed by atoms with van der Waals surface area (Å²) in [7, 11) is 1.78. The zero-order chi connectivity index (χ0) is 15.4. The Morgan fingerprint density at radius 1 is 1.32 bits per heavy atom. The fraction of sp³-hybridized carbons (Fsp3) is 0.125. The third kappa shape index (κ3) is 3.17. The second-order valence-electron chi connectivity index (χ2n) is 4.73. The minimum absolute atomic E-state index is 0.236. The molecule has 0 atom stereocenters. The summed E-state index contributed by atoms with van der Waals surface area (Å²) in [6.07, 6.45) is 4.75. The Bertz CT molecular complexity index is 762. The van der Waals surface area contributed by atoms with E-state index in [2.05, 4.69) is 10.4 Å². The van der Waals surface area contributed by atoms with Gasteiger partial charge >= 0.3 is 0 Å². The van der Waals surface area contributed by atoms with Gasteiger partial charge in [0.15, 0.2) is 5.76 Å². The van der Waals surface area contributed by atoms with E-state index < -0.39 is 0 Å². The zero-order valence-corrected chi connectivity index (χ0v) is 12.0. The van der Waals surface area contributed by atoms with Gasteiger partial charge in [-0.05, 0) is 18.2 Å². The number of carbonyl (C=O) groups is 1. The number of benzene rings is 1. The summed E-state index contributed by atoms with van der Waals surface area (Å²) in [5, 5.41) is 6.73. The fourth-order valence-electron chi connectivity index (χ4n) is 2.00. The second-order valence-corrected chi connectivity index (χ2v) is 4.73. The van der Waals surface area contributed by atoms with E-state index in [0.29, 0.717) is 11.3 Å². The predicted octanol–water partition coefficient (Wildman–Crippen LogP) is 2.84. The average molecular weight is 297 g/mol. The van der Waals surface area contributed by atoms with Crippen LogP contribution in [0.5, 0.6) is 5.75 Å². The van der Waals surface area contributed by atoms with Gasteiger partial charge in [-0.15, -0.1) is 0 Å². The Morgan fingerprint density at radius 3 is 2.86 bits per heavy atom. The van der Waals surface area contributed by atoms with E-state index in [-0.39, 0.29) is 18.3 Å². The lowest BCUT2D eigenvalue weighted by Gasteiger charge is -2.06. The average Bonchev–Trinajstić information content (AvgIpc) is 3.15. The van der Waals surface area contributed by atoms with Gasteiger partial charge in [0.2, 0.25) is 0 Å². The van der Waals surface area contributed by atoms with E-state index in [9.17, 15) is 4.79 Å². The van der Waals surface area contributed by atoms with Crippen molar-refractivity contribution in [3.63, 3.8) is 0 Å². The number of para-hydroxylation sites is 1. The largest absolute Gasteiger partial charge is 0.489 e. The zero-order valence-electron chi connectivity index (χ0n) is 12.0. The van der Waals surface area contributed by atoms with Crippen molar-refractivity contribution in [2.24, 2.45) is 7.05 Å². The number of hydrogen-bond acceptors (Lipinski definition) is 4. The third-order valence-corrected chi connectivity index (χ3v) is 3.05. The Balaban J connectivity index is 1.67. The van der Waals surface area contributed by atoms with E-state index >= 15 is 0 Å². The molecule has 2 aromatic heterocycles. The standard InChI is InChI=1S/C16H15N3O3/c1-19-10-13(9-17-19)18-16(20)15-12(7-8-21-15)11-22-14-5-3-2-4-6-14/h2-10H,11H2,1H3,(H,18,20). The van der Waals surface area contributed by atoms with Gasteiger partial charge < -0.3 is 14.5 Å². The van der Waals surface area contributed by atoms with Crippen molar-refractivity contribution >= 4 is 11.6 Å². The molecular weight excluding hydrogens is 282 g/mol. The summed E-state index contributed by atoms with van der Waals surface area (Å²) >= 11 is 0. The van der Waals surface area contributed by atoms with Crippen LogP contribution in [-0.2, 0) is 13.7 Å². The van der Waals surface area contributed by atoms with Crippen LogP contribution >= 0.6 is 0 Å².